The number of rotatable bonds is 5. The van der Waals surface area contributed by atoms with Crippen LogP contribution < -0.4 is 10.8 Å². The van der Waals surface area contributed by atoms with Crippen molar-refractivity contribution in [3.63, 3.8) is 0 Å². The molecule has 2 unspecified atom stereocenters. The van der Waals surface area contributed by atoms with Crippen LogP contribution in [0.3, 0.4) is 0 Å². The van der Waals surface area contributed by atoms with Crippen LogP contribution in [0.15, 0.2) is 30.3 Å². The zero-order valence-electron chi connectivity index (χ0n) is 12.3. The summed E-state index contributed by atoms with van der Waals surface area (Å²) in [7, 11) is 3.27. The molecule has 1 aliphatic heterocycles. The molecule has 0 aliphatic carbocycles. The molecule has 0 saturated carbocycles. The van der Waals surface area contributed by atoms with Crippen LogP contribution in [0.1, 0.15) is 13.3 Å². The topological polar surface area (TPSA) is 93.8 Å². The highest BCUT2D eigenvalue weighted by Crippen LogP contribution is 2.42. The van der Waals surface area contributed by atoms with Gasteiger partial charge in [0.1, 0.15) is 7.85 Å². The van der Waals surface area contributed by atoms with E-state index >= 15 is 0 Å². The first-order valence-electron chi connectivity index (χ1n) is 6.76. The van der Waals surface area contributed by atoms with Gasteiger partial charge in [-0.1, -0.05) is 25.1 Å². The maximum atomic E-state index is 11.9. The van der Waals surface area contributed by atoms with E-state index in [4.69, 9.17) is 17.1 Å². The van der Waals surface area contributed by atoms with Gasteiger partial charge >= 0.3 is 7.75 Å². The van der Waals surface area contributed by atoms with E-state index in [-0.39, 0.29) is 24.6 Å². The van der Waals surface area contributed by atoms with Crippen molar-refractivity contribution in [2.75, 3.05) is 18.7 Å². The van der Waals surface area contributed by atoms with Gasteiger partial charge in [-0.25, -0.2) is 4.57 Å². The molecule has 4 N–H and O–H groups in total. The lowest BCUT2D eigenvalue weighted by atomic mass is 9.92. The molecule has 4 atom stereocenters. The van der Waals surface area contributed by atoms with Crippen molar-refractivity contribution < 1.29 is 18.7 Å². The Morgan fingerprint density at radius 2 is 2.10 bits per heavy atom. The number of nitrogens with two attached hydrogens (primary N) is 1. The van der Waals surface area contributed by atoms with E-state index in [1.807, 2.05) is 13.0 Å². The lowest BCUT2D eigenvalue weighted by molar-refractivity contribution is 0.0343. The summed E-state index contributed by atoms with van der Waals surface area (Å²) in [6.45, 7) is 2.02. The highest BCUT2D eigenvalue weighted by molar-refractivity contribution is 7.54. The molecule has 21 heavy (non-hydrogen) atoms. The fourth-order valence-electron chi connectivity index (χ4n) is 2.02. The quantitative estimate of drug-likeness (QED) is 0.566. The summed E-state index contributed by atoms with van der Waals surface area (Å²) in [4.78, 5) is 9.72. The number of benzene rings is 1. The summed E-state index contributed by atoms with van der Waals surface area (Å²) in [5, 5.41) is 2.47. The minimum atomic E-state index is -3.88. The second kappa shape index (κ2) is 8.56. The molecule has 0 spiro atoms. The summed E-state index contributed by atoms with van der Waals surface area (Å²) < 4.78 is 22.3. The normalized spacial score (nSPS) is 27.3. The van der Waals surface area contributed by atoms with Crippen LogP contribution >= 0.6 is 7.75 Å². The summed E-state index contributed by atoms with van der Waals surface area (Å²) in [6.07, 6.45) is 0.489. The van der Waals surface area contributed by atoms with Gasteiger partial charge < -0.3 is 15.4 Å². The number of ether oxygens (including phenoxy) is 1. The Balaban J connectivity index is 0.00000106. The minimum Gasteiger partial charge on any atom is -0.382 e. The molecule has 0 bridgehead atoms. The van der Waals surface area contributed by atoms with Crippen molar-refractivity contribution in [1.29, 1.82) is 0 Å². The van der Waals surface area contributed by atoms with Crippen LogP contribution in [0.4, 0.5) is 5.69 Å². The van der Waals surface area contributed by atoms with Gasteiger partial charge in [-0.15, -0.1) is 0 Å². The summed E-state index contributed by atoms with van der Waals surface area (Å²) in [5.41, 5.74) is 5.03. The third-order valence-electron chi connectivity index (χ3n) is 3.05. The SMILES string of the molecule is CN.[B][C@H]1CC(C)[C@@H](COP(=O)(O)Nc2ccccc2)O1. The number of hydrogen-bond acceptors (Lipinski definition) is 4. The Hall–Kier alpha value is -0.845. The van der Waals surface area contributed by atoms with Crippen LogP contribution in [-0.4, -0.2) is 38.5 Å². The van der Waals surface area contributed by atoms with E-state index in [0.717, 1.165) is 6.42 Å². The largest absolute Gasteiger partial charge is 0.430 e. The van der Waals surface area contributed by atoms with Gasteiger partial charge in [-0.2, -0.15) is 0 Å². The number of hydrogen-bond donors (Lipinski definition) is 3. The molecule has 0 aromatic heterocycles. The molecule has 1 aromatic carbocycles. The zero-order valence-corrected chi connectivity index (χ0v) is 13.2. The van der Waals surface area contributed by atoms with Crippen molar-refractivity contribution in [2.45, 2.75) is 25.5 Å². The standard InChI is InChI=1S/C12H17BNO4P.CH5N/c1-9-7-12(13)18-11(9)8-17-19(15,16)14-10-5-3-2-4-6-10;1-2/h2-6,9,11-12H,7-8H2,1H3,(H2,14,15,16);2H2,1H3/t9?,11-,12-;/m1./s1. The Bertz CT molecular complexity index is 463. The van der Waals surface area contributed by atoms with Crippen molar-refractivity contribution in [3.8, 4) is 0 Å². The Morgan fingerprint density at radius 3 is 2.62 bits per heavy atom. The van der Waals surface area contributed by atoms with Crippen molar-refractivity contribution in [3.05, 3.63) is 30.3 Å². The molecule has 0 amide bonds. The van der Waals surface area contributed by atoms with Gasteiger partial charge in [0.2, 0.25) is 0 Å². The molecule has 1 saturated heterocycles. The maximum absolute atomic E-state index is 11.9. The number of para-hydroxylation sites is 1. The predicted octanol–water partition coefficient (Wildman–Crippen LogP) is 1.71. The summed E-state index contributed by atoms with van der Waals surface area (Å²) in [5.74, 6) is 0.215. The lowest BCUT2D eigenvalue weighted by Gasteiger charge is -2.19. The van der Waals surface area contributed by atoms with Crippen molar-refractivity contribution in [2.24, 2.45) is 11.7 Å². The molecule has 1 aromatic rings. The van der Waals surface area contributed by atoms with Crippen LogP contribution in [0.25, 0.3) is 0 Å². The fraction of sp³-hybridized carbons (Fsp3) is 0.538. The van der Waals surface area contributed by atoms with E-state index in [9.17, 15) is 9.46 Å². The highest BCUT2D eigenvalue weighted by atomic mass is 31.2. The van der Waals surface area contributed by atoms with Gasteiger partial charge in [0.05, 0.1) is 12.7 Å². The van der Waals surface area contributed by atoms with Gasteiger partial charge in [0, 0.05) is 11.7 Å². The molecular formula is C13H22BN2O4P. The second-order valence-corrected chi connectivity index (χ2v) is 6.24. The summed E-state index contributed by atoms with van der Waals surface area (Å²) >= 11 is 0. The lowest BCUT2D eigenvalue weighted by Crippen LogP contribution is -2.21. The first-order valence-corrected chi connectivity index (χ1v) is 8.33. The first kappa shape index (κ1) is 18.2. The first-order chi connectivity index (χ1) is 9.96. The van der Waals surface area contributed by atoms with E-state index in [1.165, 1.54) is 7.05 Å². The van der Waals surface area contributed by atoms with Crippen LogP contribution in [0.5, 0.6) is 0 Å². The molecule has 8 heteroatoms. The zero-order chi connectivity index (χ0) is 15.9. The summed E-state index contributed by atoms with van der Waals surface area (Å²) in [6, 6.07) is 8.42. The average molecular weight is 312 g/mol. The third kappa shape index (κ3) is 6.20. The smallest absolute Gasteiger partial charge is 0.382 e. The van der Waals surface area contributed by atoms with Gasteiger partial charge in [-0.05, 0) is 31.5 Å². The molecule has 1 fully saturated rings. The predicted molar refractivity (Wildman–Crippen MR) is 84.1 cm³/mol. The maximum Gasteiger partial charge on any atom is 0.430 e. The molecule has 116 valence electrons. The molecule has 1 heterocycles. The Morgan fingerprint density at radius 1 is 1.48 bits per heavy atom. The fourth-order valence-corrected chi connectivity index (χ4v) is 2.91. The van der Waals surface area contributed by atoms with Crippen molar-refractivity contribution in [1.82, 2.24) is 0 Å². The van der Waals surface area contributed by atoms with Gasteiger partial charge in [-0.3, -0.25) is 9.61 Å². The monoisotopic (exact) mass is 312 g/mol. The van der Waals surface area contributed by atoms with Crippen LogP contribution in [0.2, 0.25) is 0 Å². The molecule has 6 nitrogen and oxygen atoms in total. The minimum absolute atomic E-state index is 0.0441. The highest BCUT2D eigenvalue weighted by Gasteiger charge is 2.31. The van der Waals surface area contributed by atoms with Gasteiger partial charge in [0.25, 0.3) is 0 Å². The Labute approximate surface area is 127 Å². The number of anilines is 1. The average Bonchev–Trinajstić information content (AvgIpc) is 2.78. The molecule has 2 radical (unpaired) electrons. The van der Waals surface area contributed by atoms with E-state index in [0.29, 0.717) is 5.69 Å². The third-order valence-corrected chi connectivity index (χ3v) is 4.09. The van der Waals surface area contributed by atoms with Crippen LogP contribution in [-0.2, 0) is 13.8 Å². The second-order valence-electron chi connectivity index (χ2n) is 4.72. The number of nitrogens with one attached hydrogen (secondary N) is 1. The molecular weight excluding hydrogens is 290 g/mol. The van der Waals surface area contributed by atoms with Crippen molar-refractivity contribution >= 4 is 21.3 Å². The van der Waals surface area contributed by atoms with E-state index < -0.39 is 7.75 Å². The van der Waals surface area contributed by atoms with E-state index in [1.54, 1.807) is 24.3 Å². The van der Waals surface area contributed by atoms with Gasteiger partial charge in [0.15, 0.2) is 0 Å². The van der Waals surface area contributed by atoms with Crippen LogP contribution in [0, 0.1) is 5.92 Å². The van der Waals surface area contributed by atoms with E-state index in [2.05, 4.69) is 10.8 Å². The molecule has 2 rings (SSSR count). The molecule has 1 aliphatic rings. The Kier molecular flexibility index (Phi) is 7.42.